The first-order valence-corrected chi connectivity index (χ1v) is 8.40. The number of benzene rings is 2. The van der Waals surface area contributed by atoms with Gasteiger partial charge in [-0.1, -0.05) is 24.3 Å². The van der Waals surface area contributed by atoms with Gasteiger partial charge in [-0.15, -0.1) is 0 Å². The van der Waals surface area contributed by atoms with E-state index in [-0.39, 0.29) is 16.6 Å². The second-order valence-electron chi connectivity index (χ2n) is 6.28. The SMILES string of the molecule is N#CCn1c(=O)n(-c2cncc3ccccc23)c(=O)c2cc(C(F)(F)F)ccc21. The Morgan fingerprint density at radius 2 is 1.79 bits per heavy atom. The summed E-state index contributed by atoms with van der Waals surface area (Å²) in [6.45, 7) is -0.431. The zero-order valence-corrected chi connectivity index (χ0v) is 14.6. The maximum absolute atomic E-state index is 13.2. The molecule has 0 aliphatic rings. The average molecular weight is 396 g/mol. The predicted molar refractivity (Wildman–Crippen MR) is 99.7 cm³/mol. The lowest BCUT2D eigenvalue weighted by Crippen LogP contribution is -2.39. The molecule has 0 atom stereocenters. The zero-order valence-electron chi connectivity index (χ0n) is 14.6. The van der Waals surface area contributed by atoms with Crippen molar-refractivity contribution in [1.29, 1.82) is 5.26 Å². The predicted octanol–water partition coefficient (Wildman–Crippen LogP) is 3.24. The number of nitriles is 1. The molecule has 0 spiro atoms. The molecule has 0 amide bonds. The summed E-state index contributed by atoms with van der Waals surface area (Å²) in [7, 11) is 0. The first-order valence-electron chi connectivity index (χ1n) is 8.40. The molecule has 0 fully saturated rings. The lowest BCUT2D eigenvalue weighted by Gasteiger charge is -2.14. The van der Waals surface area contributed by atoms with Crippen LogP contribution < -0.4 is 11.2 Å². The van der Waals surface area contributed by atoms with Crippen LogP contribution in [0.5, 0.6) is 0 Å². The van der Waals surface area contributed by atoms with Crippen molar-refractivity contribution in [1.82, 2.24) is 14.1 Å². The Morgan fingerprint density at radius 3 is 2.52 bits per heavy atom. The molecule has 0 saturated carbocycles. The van der Waals surface area contributed by atoms with E-state index in [2.05, 4.69) is 4.98 Å². The van der Waals surface area contributed by atoms with Gasteiger partial charge in [-0.05, 0) is 18.2 Å². The molecule has 29 heavy (non-hydrogen) atoms. The minimum atomic E-state index is -4.66. The molecule has 0 radical (unpaired) electrons. The Labute approximate surface area is 160 Å². The van der Waals surface area contributed by atoms with Gasteiger partial charge < -0.3 is 0 Å². The summed E-state index contributed by atoms with van der Waals surface area (Å²) >= 11 is 0. The van der Waals surface area contributed by atoms with Crippen LogP contribution in [0.25, 0.3) is 27.4 Å². The van der Waals surface area contributed by atoms with Gasteiger partial charge in [0.2, 0.25) is 0 Å². The largest absolute Gasteiger partial charge is 0.416 e. The average Bonchev–Trinajstić information content (AvgIpc) is 2.70. The van der Waals surface area contributed by atoms with Crippen molar-refractivity contribution in [3.05, 3.63) is 81.3 Å². The summed E-state index contributed by atoms with van der Waals surface area (Å²) in [5.74, 6) is 0. The van der Waals surface area contributed by atoms with Crippen LogP contribution in [0.2, 0.25) is 0 Å². The Bertz CT molecular complexity index is 1420. The third-order valence-electron chi connectivity index (χ3n) is 4.59. The third kappa shape index (κ3) is 2.95. The molecule has 9 heteroatoms. The van der Waals surface area contributed by atoms with E-state index >= 15 is 0 Å². The first kappa shape index (κ1) is 18.4. The van der Waals surface area contributed by atoms with E-state index in [0.29, 0.717) is 16.8 Å². The van der Waals surface area contributed by atoms with Gasteiger partial charge in [0.25, 0.3) is 5.56 Å². The van der Waals surface area contributed by atoms with Crippen molar-refractivity contribution in [3.8, 4) is 11.8 Å². The monoisotopic (exact) mass is 396 g/mol. The fourth-order valence-corrected chi connectivity index (χ4v) is 3.26. The molecular weight excluding hydrogens is 385 g/mol. The summed E-state index contributed by atoms with van der Waals surface area (Å²) in [6, 6.07) is 11.2. The highest BCUT2D eigenvalue weighted by Crippen LogP contribution is 2.30. The van der Waals surface area contributed by atoms with Crippen LogP contribution in [0.4, 0.5) is 13.2 Å². The van der Waals surface area contributed by atoms with Crippen LogP contribution in [-0.2, 0) is 12.7 Å². The Morgan fingerprint density at radius 1 is 1.03 bits per heavy atom. The fourth-order valence-electron chi connectivity index (χ4n) is 3.26. The van der Waals surface area contributed by atoms with Gasteiger partial charge in [-0.2, -0.15) is 18.4 Å². The molecule has 0 aliphatic carbocycles. The van der Waals surface area contributed by atoms with Gasteiger partial charge in [-0.25, -0.2) is 9.36 Å². The highest BCUT2D eigenvalue weighted by Gasteiger charge is 2.31. The highest BCUT2D eigenvalue weighted by atomic mass is 19.4. The maximum Gasteiger partial charge on any atom is 0.416 e. The summed E-state index contributed by atoms with van der Waals surface area (Å²) in [5.41, 5.74) is -2.68. The Kier molecular flexibility index (Phi) is 4.19. The molecule has 4 aromatic rings. The summed E-state index contributed by atoms with van der Waals surface area (Å²) in [4.78, 5) is 30.2. The summed E-state index contributed by atoms with van der Waals surface area (Å²) in [5, 5.41) is 9.95. The van der Waals surface area contributed by atoms with Crippen LogP contribution in [0.3, 0.4) is 0 Å². The molecule has 2 heterocycles. The quantitative estimate of drug-likeness (QED) is 0.521. The van der Waals surface area contributed by atoms with Crippen molar-refractivity contribution in [3.63, 3.8) is 0 Å². The van der Waals surface area contributed by atoms with Gasteiger partial charge in [0.1, 0.15) is 6.54 Å². The van der Waals surface area contributed by atoms with Crippen molar-refractivity contribution in [2.45, 2.75) is 12.7 Å². The number of nitrogens with zero attached hydrogens (tertiary/aromatic N) is 4. The number of fused-ring (bicyclic) bond motifs is 2. The maximum atomic E-state index is 13.2. The topological polar surface area (TPSA) is 80.7 Å². The van der Waals surface area contributed by atoms with E-state index in [1.54, 1.807) is 36.5 Å². The molecule has 144 valence electrons. The number of rotatable bonds is 2. The minimum absolute atomic E-state index is 0.0426. The molecule has 0 aliphatic heterocycles. The van der Waals surface area contributed by atoms with E-state index in [4.69, 9.17) is 5.26 Å². The van der Waals surface area contributed by atoms with Crippen molar-refractivity contribution < 1.29 is 13.2 Å². The number of hydrogen-bond donors (Lipinski definition) is 0. The standard InChI is InChI=1S/C20H11F3N4O2/c21-20(22,23)13-5-6-16-15(9-13)18(28)27(19(29)26(16)8-7-24)17-11-25-10-12-3-1-2-4-14(12)17/h1-6,9-11H,8H2. The molecule has 6 nitrogen and oxygen atoms in total. The van der Waals surface area contributed by atoms with Crippen molar-refractivity contribution in [2.75, 3.05) is 0 Å². The molecule has 4 rings (SSSR count). The van der Waals surface area contributed by atoms with Gasteiger partial charge in [0.05, 0.1) is 34.4 Å². The van der Waals surface area contributed by atoms with Crippen LogP contribution in [0.1, 0.15) is 5.56 Å². The van der Waals surface area contributed by atoms with Crippen LogP contribution >= 0.6 is 0 Å². The normalized spacial score (nSPS) is 11.7. The lowest BCUT2D eigenvalue weighted by atomic mass is 10.1. The van der Waals surface area contributed by atoms with Gasteiger partial charge in [0.15, 0.2) is 0 Å². The highest BCUT2D eigenvalue weighted by molar-refractivity contribution is 5.89. The van der Waals surface area contributed by atoms with Gasteiger partial charge >= 0.3 is 11.9 Å². The van der Waals surface area contributed by atoms with Crippen LogP contribution in [0, 0.1) is 11.3 Å². The molecular formula is C20H11F3N4O2. The van der Waals surface area contributed by atoms with E-state index in [1.807, 2.05) is 0 Å². The van der Waals surface area contributed by atoms with E-state index < -0.39 is 29.5 Å². The number of pyridine rings is 1. The first-order chi connectivity index (χ1) is 13.8. The molecule has 0 unspecified atom stereocenters. The van der Waals surface area contributed by atoms with Crippen LogP contribution in [0.15, 0.2) is 64.4 Å². The smallest absolute Gasteiger partial charge is 0.279 e. The molecule has 0 N–H and O–H groups in total. The molecule has 0 bridgehead atoms. The van der Waals surface area contributed by atoms with E-state index in [9.17, 15) is 22.8 Å². The van der Waals surface area contributed by atoms with Crippen molar-refractivity contribution >= 4 is 21.7 Å². The second-order valence-corrected chi connectivity index (χ2v) is 6.28. The van der Waals surface area contributed by atoms with Crippen LogP contribution in [-0.4, -0.2) is 14.1 Å². The zero-order chi connectivity index (χ0) is 20.8. The Hall–Kier alpha value is -3.93. The van der Waals surface area contributed by atoms with E-state index in [0.717, 1.165) is 21.3 Å². The van der Waals surface area contributed by atoms with Crippen molar-refractivity contribution in [2.24, 2.45) is 0 Å². The minimum Gasteiger partial charge on any atom is -0.279 e. The molecule has 2 aromatic heterocycles. The lowest BCUT2D eigenvalue weighted by molar-refractivity contribution is -0.137. The van der Waals surface area contributed by atoms with Gasteiger partial charge in [0, 0.05) is 17.0 Å². The number of halogens is 3. The number of aromatic nitrogens is 3. The summed E-state index contributed by atoms with van der Waals surface area (Å²) in [6.07, 6.45) is -1.83. The van der Waals surface area contributed by atoms with Gasteiger partial charge in [-0.3, -0.25) is 14.3 Å². The third-order valence-corrected chi connectivity index (χ3v) is 4.59. The Balaban J connectivity index is 2.18. The molecule has 2 aromatic carbocycles. The second kappa shape index (κ2) is 6.60. The molecule has 0 saturated heterocycles. The summed E-state index contributed by atoms with van der Waals surface area (Å²) < 4.78 is 41.2. The number of alkyl halides is 3. The van der Waals surface area contributed by atoms with E-state index in [1.165, 1.54) is 6.20 Å². The number of hydrogen-bond acceptors (Lipinski definition) is 4. The fraction of sp³-hybridized carbons (Fsp3) is 0.100.